The van der Waals surface area contributed by atoms with Gasteiger partial charge >= 0.3 is 169 Å². The van der Waals surface area contributed by atoms with Gasteiger partial charge in [-0.05, 0) is 0 Å². The zero-order chi connectivity index (χ0) is 18.8. The quantitative estimate of drug-likeness (QED) is 0.312. The van der Waals surface area contributed by atoms with Gasteiger partial charge in [0, 0.05) is 0 Å². The molecule has 2 aromatic rings. The van der Waals surface area contributed by atoms with E-state index in [2.05, 4.69) is 88.4 Å². The normalized spacial score (nSPS) is 23.0. The molecule has 2 aromatic carbocycles. The van der Waals surface area contributed by atoms with Gasteiger partial charge in [-0.1, -0.05) is 0 Å². The molecule has 0 saturated carbocycles. The van der Waals surface area contributed by atoms with Crippen molar-refractivity contribution in [1.29, 1.82) is 0 Å². The van der Waals surface area contributed by atoms with Crippen LogP contribution in [0.5, 0.6) is 0 Å². The predicted molar refractivity (Wildman–Crippen MR) is 128 cm³/mol. The summed E-state index contributed by atoms with van der Waals surface area (Å²) < 4.78 is 4.73. The largest absolute Gasteiger partial charge is 0.147 e. The van der Waals surface area contributed by atoms with Crippen molar-refractivity contribution in [2.45, 2.75) is 43.4 Å². The fourth-order valence-corrected chi connectivity index (χ4v) is 34.8. The van der Waals surface area contributed by atoms with E-state index < -0.39 is 20.0 Å². The average Bonchev–Trinajstić information content (AvgIpc) is 3.18. The third-order valence-corrected chi connectivity index (χ3v) is 26.1. The van der Waals surface area contributed by atoms with E-state index >= 15 is 0 Å². The van der Waals surface area contributed by atoms with Gasteiger partial charge in [0.1, 0.15) is 0 Å². The molecule has 29 heavy (non-hydrogen) atoms. The number of allylic oxidation sites excluding steroid dienone is 2. The smallest absolute Gasteiger partial charge is 0.147 e. The number of halogens is 2. The Morgan fingerprint density at radius 1 is 0.655 bits per heavy atom. The van der Waals surface area contributed by atoms with Gasteiger partial charge in [0.05, 0.1) is 0 Å². The second-order valence-electron chi connectivity index (χ2n) is 9.46. The molecular weight excluding hydrogens is 562 g/mol. The molecule has 2 unspecified atom stereocenters. The first-order valence-electron chi connectivity index (χ1n) is 10.6. The molecule has 0 aromatic heterocycles. The first-order valence-corrected chi connectivity index (χ1v) is 19.9. The number of hydrogen-bond acceptors (Lipinski definition) is 0. The third-order valence-electron chi connectivity index (χ3n) is 7.24. The second-order valence-corrected chi connectivity index (χ2v) is 26.1. The molecule has 1 aliphatic heterocycles. The van der Waals surface area contributed by atoms with Crippen LogP contribution >= 0.6 is 24.8 Å². The van der Waals surface area contributed by atoms with Gasteiger partial charge in [0.15, 0.2) is 0 Å². The van der Waals surface area contributed by atoms with E-state index in [1.807, 2.05) is 0 Å². The molecule has 2 atom stereocenters. The third kappa shape index (κ3) is 3.56. The Bertz CT molecular complexity index is 891. The van der Waals surface area contributed by atoms with Gasteiger partial charge in [0.2, 0.25) is 0 Å². The van der Waals surface area contributed by atoms with Gasteiger partial charge in [0.25, 0.3) is 0 Å². The van der Waals surface area contributed by atoms with E-state index in [1.54, 1.807) is 30.6 Å². The van der Waals surface area contributed by atoms with Gasteiger partial charge < -0.3 is 0 Å². The van der Waals surface area contributed by atoms with Crippen molar-refractivity contribution in [2.75, 3.05) is 0 Å². The molecule has 0 N–H and O–H groups in total. The average molecular weight is 594 g/mol. The Morgan fingerprint density at radius 2 is 1.03 bits per heavy atom. The Kier molecular flexibility index (Phi) is 6.74. The zero-order valence-electron chi connectivity index (χ0n) is 17.8. The first kappa shape index (κ1) is 23.0. The van der Waals surface area contributed by atoms with Crippen LogP contribution in [-0.4, -0.2) is 0 Å². The summed E-state index contributed by atoms with van der Waals surface area (Å²) in [5.41, 5.74) is 9.88. The van der Waals surface area contributed by atoms with Crippen LogP contribution in [0, 0.1) is 11.8 Å². The molecule has 0 bridgehead atoms. The van der Waals surface area contributed by atoms with Crippen molar-refractivity contribution in [1.82, 2.24) is 0 Å². The molecule has 5 rings (SSSR count). The molecule has 1 fully saturated rings. The fourth-order valence-electron chi connectivity index (χ4n) is 5.87. The summed E-state index contributed by atoms with van der Waals surface area (Å²) in [7, 11) is 0. The summed E-state index contributed by atoms with van der Waals surface area (Å²) in [6.45, 7) is 9.65. The zero-order valence-corrected chi connectivity index (χ0v) is 23.0. The number of fused-ring (bicyclic) bond motifs is 2. The van der Waals surface area contributed by atoms with Crippen LogP contribution < -0.4 is 0 Å². The van der Waals surface area contributed by atoms with Crippen LogP contribution in [0.1, 0.15) is 57.3 Å². The Balaban J connectivity index is 0.00000120. The van der Waals surface area contributed by atoms with Crippen molar-refractivity contribution in [3.8, 4) is 0 Å². The first-order chi connectivity index (χ1) is 13.0. The molecule has 3 aliphatic rings. The van der Waals surface area contributed by atoms with Crippen LogP contribution in [-0.2, 0) is 20.0 Å². The van der Waals surface area contributed by atoms with E-state index in [0.29, 0.717) is 11.8 Å². The number of rotatable bonds is 4. The van der Waals surface area contributed by atoms with E-state index in [0.717, 1.165) is 7.35 Å². The fraction of sp³-hybridized carbons (Fsp3) is 0.385. The minimum atomic E-state index is -2.58. The summed E-state index contributed by atoms with van der Waals surface area (Å²) in [5.74, 6) is 1.31. The van der Waals surface area contributed by atoms with Crippen molar-refractivity contribution in [2.24, 2.45) is 11.8 Å². The van der Waals surface area contributed by atoms with E-state index in [4.69, 9.17) is 0 Å². The van der Waals surface area contributed by atoms with Crippen LogP contribution in [0.15, 0.2) is 59.7 Å². The van der Waals surface area contributed by atoms with Crippen molar-refractivity contribution >= 4 is 37.0 Å². The van der Waals surface area contributed by atoms with Gasteiger partial charge in [-0.15, -0.1) is 24.8 Å². The maximum absolute atomic E-state index is 2.58. The monoisotopic (exact) mass is 594 g/mol. The summed E-state index contributed by atoms with van der Waals surface area (Å²) in [6.07, 6.45) is 5.12. The van der Waals surface area contributed by atoms with Crippen molar-refractivity contribution in [3.05, 3.63) is 81.9 Å². The molecule has 0 amide bonds. The SMILES string of the molecule is CC(C)C1=Cc2ccccc2[CH]1[Hf]1([CH]2C(C(C)C)=Cc3ccccc32)[CH2][CH2]1.Cl.Cl. The minimum absolute atomic E-state index is 0. The maximum Gasteiger partial charge on any atom is -0.147 e. The van der Waals surface area contributed by atoms with E-state index in [-0.39, 0.29) is 24.8 Å². The molecule has 3 heteroatoms. The summed E-state index contributed by atoms with van der Waals surface area (Å²) in [4.78, 5) is 0. The molecule has 154 valence electrons. The van der Waals surface area contributed by atoms with E-state index in [1.165, 1.54) is 11.1 Å². The minimum Gasteiger partial charge on any atom is -0.147 e. The van der Waals surface area contributed by atoms with Gasteiger partial charge in [-0.25, -0.2) is 0 Å². The molecule has 0 spiro atoms. The van der Waals surface area contributed by atoms with Crippen LogP contribution in [0.25, 0.3) is 12.2 Å². The number of benzene rings is 2. The van der Waals surface area contributed by atoms with Gasteiger partial charge in [-0.3, -0.25) is 0 Å². The summed E-state index contributed by atoms with van der Waals surface area (Å²) in [5, 5.41) is 0. The Labute approximate surface area is 193 Å². The Morgan fingerprint density at radius 3 is 1.38 bits per heavy atom. The molecule has 2 aliphatic carbocycles. The summed E-state index contributed by atoms with van der Waals surface area (Å²) in [6, 6.07) is 18.6. The number of hydrogen-bond donors (Lipinski definition) is 0. The molecular formula is C26H32Cl2Hf. The van der Waals surface area contributed by atoms with Gasteiger partial charge in [-0.2, -0.15) is 0 Å². The van der Waals surface area contributed by atoms with Crippen molar-refractivity contribution < 1.29 is 20.0 Å². The van der Waals surface area contributed by atoms with Crippen LogP contribution in [0.2, 0.25) is 8.35 Å². The topological polar surface area (TPSA) is 0 Å². The Hall–Kier alpha value is -0.630. The van der Waals surface area contributed by atoms with E-state index in [9.17, 15) is 0 Å². The summed E-state index contributed by atoms with van der Waals surface area (Å²) >= 11 is -2.58. The van der Waals surface area contributed by atoms with Crippen LogP contribution in [0.3, 0.4) is 0 Å². The van der Waals surface area contributed by atoms with Crippen LogP contribution in [0.4, 0.5) is 0 Å². The molecule has 1 heterocycles. The maximum atomic E-state index is 2.56. The second kappa shape index (κ2) is 8.48. The molecule has 1 saturated heterocycles. The predicted octanol–water partition coefficient (Wildman–Crippen LogP) is 8.42. The molecule has 0 nitrogen and oxygen atoms in total. The standard InChI is InChI=1S/2C12H13.C2H4.2ClH.Hf/c2*1-9(2)12-7-10-5-3-4-6-11(10)8-12;1-2;;;/h2*3-9H,1-2H3;1-2H2;2*1H;. The molecule has 0 radical (unpaired) electrons. The van der Waals surface area contributed by atoms with Crippen molar-refractivity contribution in [3.63, 3.8) is 0 Å².